The number of aliphatic hydroxyl groups is 1. The lowest BCUT2D eigenvalue weighted by Crippen LogP contribution is -2.09. The Labute approximate surface area is 127 Å². The van der Waals surface area contributed by atoms with Gasteiger partial charge in [-0.2, -0.15) is 0 Å². The second kappa shape index (κ2) is 6.60. The summed E-state index contributed by atoms with van der Waals surface area (Å²) < 4.78 is 5.68. The summed E-state index contributed by atoms with van der Waals surface area (Å²) in [6.07, 6.45) is 1.67. The van der Waals surface area contributed by atoms with Gasteiger partial charge in [-0.3, -0.25) is 4.99 Å². The molecule has 1 aromatic carbocycles. The first-order chi connectivity index (χ1) is 10.3. The van der Waals surface area contributed by atoms with Crippen LogP contribution in [0, 0.1) is 0 Å². The van der Waals surface area contributed by atoms with E-state index in [1.54, 1.807) is 18.0 Å². The molecular weight excluding hydrogens is 286 g/mol. The first-order valence-electron chi connectivity index (χ1n) is 6.61. The largest absolute Gasteiger partial charge is 0.456 e. The zero-order chi connectivity index (χ0) is 14.5. The van der Waals surface area contributed by atoms with Gasteiger partial charge in [0.15, 0.2) is 5.17 Å². The molecule has 0 aliphatic carbocycles. The molecule has 0 spiro atoms. The van der Waals surface area contributed by atoms with Gasteiger partial charge in [-0.15, -0.1) is 0 Å². The molecule has 21 heavy (non-hydrogen) atoms. The van der Waals surface area contributed by atoms with Crippen molar-refractivity contribution in [2.24, 2.45) is 4.99 Å². The minimum atomic E-state index is -0.0156. The van der Waals surface area contributed by atoms with Crippen LogP contribution >= 0.6 is 11.8 Å². The van der Waals surface area contributed by atoms with Crippen LogP contribution in [-0.2, 0) is 0 Å². The molecule has 0 saturated carbocycles. The third-order valence-electron chi connectivity index (χ3n) is 2.87. The van der Waals surface area contributed by atoms with E-state index in [4.69, 9.17) is 9.84 Å². The maximum atomic E-state index is 9.05. The van der Waals surface area contributed by atoms with Crippen molar-refractivity contribution in [3.8, 4) is 11.5 Å². The van der Waals surface area contributed by atoms with Crippen molar-refractivity contribution in [1.29, 1.82) is 0 Å². The number of hydrogen-bond donors (Lipinski definition) is 2. The number of rotatable bonds is 4. The monoisotopic (exact) mass is 301 g/mol. The Kier molecular flexibility index (Phi) is 4.37. The first kappa shape index (κ1) is 13.9. The highest BCUT2D eigenvalue weighted by Gasteiger charge is 2.17. The molecule has 5 nitrogen and oxygen atoms in total. The SMILES string of the molecule is OCC1CSC(Nc2ccc(Oc3ccccc3)cn2)=N1. The van der Waals surface area contributed by atoms with Gasteiger partial charge in [0.05, 0.1) is 18.8 Å². The average molecular weight is 301 g/mol. The van der Waals surface area contributed by atoms with Gasteiger partial charge in [-0.05, 0) is 24.3 Å². The molecule has 1 atom stereocenters. The molecule has 0 bridgehead atoms. The molecule has 0 fully saturated rings. The fourth-order valence-electron chi connectivity index (χ4n) is 1.83. The van der Waals surface area contributed by atoms with Gasteiger partial charge in [0, 0.05) is 5.75 Å². The van der Waals surface area contributed by atoms with E-state index in [1.807, 2.05) is 42.5 Å². The molecule has 1 aromatic heterocycles. The highest BCUT2D eigenvalue weighted by Crippen LogP contribution is 2.22. The van der Waals surface area contributed by atoms with Gasteiger partial charge < -0.3 is 15.2 Å². The zero-order valence-electron chi connectivity index (χ0n) is 11.3. The van der Waals surface area contributed by atoms with Crippen LogP contribution in [0.4, 0.5) is 5.82 Å². The van der Waals surface area contributed by atoms with Crippen molar-refractivity contribution in [2.45, 2.75) is 6.04 Å². The second-order valence-corrected chi connectivity index (χ2v) is 5.51. The van der Waals surface area contributed by atoms with Crippen LogP contribution in [0.25, 0.3) is 0 Å². The van der Waals surface area contributed by atoms with E-state index in [0.717, 1.165) is 16.7 Å². The Morgan fingerprint density at radius 1 is 1.19 bits per heavy atom. The summed E-state index contributed by atoms with van der Waals surface area (Å²) in [7, 11) is 0. The van der Waals surface area contributed by atoms with Crippen LogP contribution in [0.15, 0.2) is 53.7 Å². The Hall–Kier alpha value is -2.05. The van der Waals surface area contributed by atoms with Crippen molar-refractivity contribution >= 4 is 22.7 Å². The quantitative estimate of drug-likeness (QED) is 0.909. The Morgan fingerprint density at radius 2 is 2.05 bits per heavy atom. The van der Waals surface area contributed by atoms with Crippen molar-refractivity contribution in [1.82, 2.24) is 4.98 Å². The number of amidine groups is 1. The lowest BCUT2D eigenvalue weighted by atomic mass is 10.3. The van der Waals surface area contributed by atoms with Gasteiger partial charge >= 0.3 is 0 Å². The van der Waals surface area contributed by atoms with E-state index >= 15 is 0 Å². The highest BCUT2D eigenvalue weighted by atomic mass is 32.2. The Morgan fingerprint density at radius 3 is 2.71 bits per heavy atom. The Bertz CT molecular complexity index is 617. The number of hydrogen-bond acceptors (Lipinski definition) is 6. The summed E-state index contributed by atoms with van der Waals surface area (Å²) in [6.45, 7) is 0.0788. The van der Waals surface area contributed by atoms with E-state index in [1.165, 1.54) is 0 Å². The number of aliphatic imine (C=N–C) groups is 1. The summed E-state index contributed by atoms with van der Waals surface area (Å²) in [4.78, 5) is 8.64. The summed E-state index contributed by atoms with van der Waals surface area (Å²) in [5.41, 5.74) is 0. The van der Waals surface area contributed by atoms with Crippen molar-refractivity contribution in [3.63, 3.8) is 0 Å². The van der Waals surface area contributed by atoms with Gasteiger partial charge in [0.1, 0.15) is 17.3 Å². The van der Waals surface area contributed by atoms with Gasteiger partial charge in [-0.1, -0.05) is 30.0 Å². The third-order valence-corrected chi connectivity index (χ3v) is 3.91. The van der Waals surface area contributed by atoms with E-state index in [9.17, 15) is 0 Å². The molecule has 6 heteroatoms. The van der Waals surface area contributed by atoms with E-state index in [-0.39, 0.29) is 12.6 Å². The number of thioether (sulfide) groups is 1. The van der Waals surface area contributed by atoms with Gasteiger partial charge in [0.25, 0.3) is 0 Å². The number of aliphatic hydroxyl groups excluding tert-OH is 1. The van der Waals surface area contributed by atoms with Crippen LogP contribution < -0.4 is 10.1 Å². The van der Waals surface area contributed by atoms with Crippen LogP contribution in [-0.4, -0.2) is 33.7 Å². The normalized spacial score (nSPS) is 17.4. The van der Waals surface area contributed by atoms with Crippen molar-refractivity contribution < 1.29 is 9.84 Å². The third kappa shape index (κ3) is 3.74. The van der Waals surface area contributed by atoms with Crippen molar-refractivity contribution in [3.05, 3.63) is 48.7 Å². The molecule has 1 unspecified atom stereocenters. The van der Waals surface area contributed by atoms with Crippen LogP contribution in [0.2, 0.25) is 0 Å². The van der Waals surface area contributed by atoms with Crippen LogP contribution in [0.1, 0.15) is 0 Å². The first-order valence-corrected chi connectivity index (χ1v) is 7.59. The fourth-order valence-corrected chi connectivity index (χ4v) is 2.76. The number of nitrogens with zero attached hydrogens (tertiary/aromatic N) is 2. The number of pyridine rings is 1. The number of para-hydroxylation sites is 1. The number of aromatic nitrogens is 1. The molecular formula is C15H15N3O2S. The summed E-state index contributed by atoms with van der Waals surface area (Å²) in [5.74, 6) is 2.97. The molecule has 0 saturated heterocycles. The molecule has 1 aliphatic heterocycles. The smallest absolute Gasteiger partial charge is 0.162 e. The molecule has 108 valence electrons. The predicted molar refractivity (Wildman–Crippen MR) is 85.1 cm³/mol. The van der Waals surface area contributed by atoms with Gasteiger partial charge in [-0.25, -0.2) is 4.98 Å². The van der Waals surface area contributed by atoms with Gasteiger partial charge in [0.2, 0.25) is 0 Å². The summed E-state index contributed by atoms with van der Waals surface area (Å²) in [6, 6.07) is 13.3. The summed E-state index contributed by atoms with van der Waals surface area (Å²) >= 11 is 1.58. The molecule has 2 aromatic rings. The number of benzene rings is 1. The van der Waals surface area contributed by atoms with E-state index < -0.39 is 0 Å². The average Bonchev–Trinajstić information content (AvgIpc) is 2.98. The molecule has 0 amide bonds. The maximum Gasteiger partial charge on any atom is 0.162 e. The number of nitrogens with one attached hydrogen (secondary N) is 1. The van der Waals surface area contributed by atoms with Crippen LogP contribution in [0.3, 0.4) is 0 Å². The molecule has 0 radical (unpaired) electrons. The predicted octanol–water partition coefficient (Wildman–Crippen LogP) is 2.75. The molecule has 1 aliphatic rings. The second-order valence-electron chi connectivity index (χ2n) is 4.50. The topological polar surface area (TPSA) is 66.7 Å². The lowest BCUT2D eigenvalue weighted by molar-refractivity contribution is 0.277. The molecule has 3 rings (SSSR count). The lowest BCUT2D eigenvalue weighted by Gasteiger charge is -2.07. The number of ether oxygens (including phenoxy) is 1. The standard InChI is InChI=1S/C15H15N3O2S/c19-9-11-10-21-15(17-11)18-14-7-6-13(8-16-14)20-12-4-2-1-3-5-12/h1-8,11,19H,9-10H2,(H,16,17,18). The van der Waals surface area contributed by atoms with Crippen LogP contribution in [0.5, 0.6) is 11.5 Å². The van der Waals surface area contributed by atoms with Crippen molar-refractivity contribution in [2.75, 3.05) is 17.7 Å². The minimum absolute atomic E-state index is 0.0156. The minimum Gasteiger partial charge on any atom is -0.456 e. The highest BCUT2D eigenvalue weighted by molar-refractivity contribution is 8.14. The summed E-state index contributed by atoms with van der Waals surface area (Å²) in [5, 5.41) is 13.0. The zero-order valence-corrected chi connectivity index (χ0v) is 12.1. The molecule has 2 N–H and O–H groups in total. The van der Waals surface area contributed by atoms with E-state index in [2.05, 4.69) is 15.3 Å². The van der Waals surface area contributed by atoms with E-state index in [0.29, 0.717) is 11.6 Å². The maximum absolute atomic E-state index is 9.05. The Balaban J connectivity index is 1.62. The number of anilines is 1. The molecule has 2 heterocycles. The fraction of sp³-hybridized carbons (Fsp3) is 0.200.